The van der Waals surface area contributed by atoms with Crippen LogP contribution in [0.5, 0.6) is 5.75 Å². The number of hydrogen-bond acceptors (Lipinski definition) is 4. The second-order valence-electron chi connectivity index (χ2n) is 7.86. The molecule has 30 heavy (non-hydrogen) atoms. The van der Waals surface area contributed by atoms with Crippen LogP contribution >= 0.6 is 12.4 Å². The maximum absolute atomic E-state index is 13.0. The Hall–Kier alpha value is -2.44. The molecule has 2 heterocycles. The van der Waals surface area contributed by atoms with Crippen LogP contribution in [-0.4, -0.2) is 54.8 Å². The molecule has 0 aromatic heterocycles. The molecule has 0 spiro atoms. The van der Waals surface area contributed by atoms with Crippen LogP contribution < -0.4 is 4.74 Å². The van der Waals surface area contributed by atoms with E-state index in [1.807, 2.05) is 23.1 Å². The van der Waals surface area contributed by atoms with Gasteiger partial charge < -0.3 is 9.64 Å². The number of ketones is 1. The van der Waals surface area contributed by atoms with Crippen molar-refractivity contribution in [2.75, 3.05) is 33.3 Å². The van der Waals surface area contributed by atoms with Gasteiger partial charge in [-0.05, 0) is 79.9 Å². The Morgan fingerprint density at radius 3 is 2.50 bits per heavy atom. The maximum atomic E-state index is 13.0. The number of ether oxygens (including phenoxy) is 1. The molecule has 4 rings (SSSR count). The highest BCUT2D eigenvalue weighted by atomic mass is 35.5. The van der Waals surface area contributed by atoms with Crippen LogP contribution in [0.4, 0.5) is 4.39 Å². The van der Waals surface area contributed by atoms with Gasteiger partial charge in [0, 0.05) is 24.2 Å². The fourth-order valence-electron chi connectivity index (χ4n) is 4.20. The summed E-state index contributed by atoms with van der Waals surface area (Å²) in [5, 5.41) is 0. The van der Waals surface area contributed by atoms with Crippen molar-refractivity contribution in [3.8, 4) is 5.75 Å². The highest BCUT2D eigenvalue weighted by Crippen LogP contribution is 2.29. The molecule has 2 aliphatic rings. The third-order valence-corrected chi connectivity index (χ3v) is 5.91. The highest BCUT2D eigenvalue weighted by Gasteiger charge is 2.31. The van der Waals surface area contributed by atoms with Gasteiger partial charge >= 0.3 is 0 Å². The number of piperidine rings is 1. The fourth-order valence-corrected chi connectivity index (χ4v) is 4.20. The summed E-state index contributed by atoms with van der Waals surface area (Å²) >= 11 is 0. The monoisotopic (exact) mass is 432 g/mol. The van der Waals surface area contributed by atoms with E-state index in [2.05, 4.69) is 4.90 Å². The van der Waals surface area contributed by atoms with E-state index >= 15 is 0 Å². The Bertz CT molecular complexity index is 911. The van der Waals surface area contributed by atoms with E-state index in [0.717, 1.165) is 49.4 Å². The lowest BCUT2D eigenvalue weighted by Crippen LogP contribution is -2.40. The van der Waals surface area contributed by atoms with Crippen LogP contribution in [0.25, 0.3) is 0 Å². The SMILES string of the molecule is COc1ccc2c(c1)CN(CC1CCN(CC(=O)c3ccc(F)cc3)CC1)C2=O.Cl. The predicted octanol–water partition coefficient (Wildman–Crippen LogP) is 3.81. The van der Waals surface area contributed by atoms with Gasteiger partial charge in [0.05, 0.1) is 13.7 Å². The van der Waals surface area contributed by atoms with E-state index in [0.29, 0.717) is 24.6 Å². The predicted molar refractivity (Wildman–Crippen MR) is 115 cm³/mol. The minimum atomic E-state index is -0.334. The Labute approximate surface area is 182 Å². The molecule has 7 heteroatoms. The zero-order valence-corrected chi connectivity index (χ0v) is 17.8. The number of amides is 1. The van der Waals surface area contributed by atoms with E-state index < -0.39 is 0 Å². The number of halogens is 2. The lowest BCUT2D eigenvalue weighted by atomic mass is 9.95. The van der Waals surface area contributed by atoms with Gasteiger partial charge in [0.2, 0.25) is 0 Å². The highest BCUT2D eigenvalue weighted by molar-refractivity contribution is 5.98. The quantitative estimate of drug-likeness (QED) is 0.651. The summed E-state index contributed by atoms with van der Waals surface area (Å²) in [6.45, 7) is 3.40. The first-order valence-electron chi connectivity index (χ1n) is 10.0. The zero-order chi connectivity index (χ0) is 20.4. The van der Waals surface area contributed by atoms with Gasteiger partial charge in [0.1, 0.15) is 11.6 Å². The summed E-state index contributed by atoms with van der Waals surface area (Å²) < 4.78 is 18.3. The van der Waals surface area contributed by atoms with Crippen molar-refractivity contribution >= 4 is 24.1 Å². The molecule has 0 atom stereocenters. The van der Waals surface area contributed by atoms with Crippen LogP contribution in [-0.2, 0) is 6.54 Å². The Morgan fingerprint density at radius 1 is 1.13 bits per heavy atom. The zero-order valence-electron chi connectivity index (χ0n) is 17.0. The number of rotatable bonds is 6. The van der Waals surface area contributed by atoms with Crippen molar-refractivity contribution < 1.29 is 18.7 Å². The molecular formula is C23H26ClFN2O3. The maximum Gasteiger partial charge on any atom is 0.254 e. The van der Waals surface area contributed by atoms with Crippen molar-refractivity contribution in [1.82, 2.24) is 9.80 Å². The molecule has 1 amide bonds. The number of nitrogens with zero attached hydrogens (tertiary/aromatic N) is 2. The average Bonchev–Trinajstić information content (AvgIpc) is 3.04. The Balaban J connectivity index is 0.00000256. The average molecular weight is 433 g/mol. The molecule has 2 aliphatic heterocycles. The molecule has 1 saturated heterocycles. The number of methoxy groups -OCH3 is 1. The molecule has 0 N–H and O–H groups in total. The van der Waals surface area contributed by atoms with E-state index in [9.17, 15) is 14.0 Å². The second kappa shape index (κ2) is 9.58. The number of carbonyl (C=O) groups is 2. The van der Waals surface area contributed by atoms with Gasteiger partial charge in [0.25, 0.3) is 5.91 Å². The van der Waals surface area contributed by atoms with Crippen LogP contribution in [0.15, 0.2) is 42.5 Å². The smallest absolute Gasteiger partial charge is 0.254 e. The third kappa shape index (κ3) is 4.82. The summed E-state index contributed by atoms with van der Waals surface area (Å²) in [4.78, 5) is 29.1. The van der Waals surface area contributed by atoms with Crippen LogP contribution in [0, 0.1) is 11.7 Å². The van der Waals surface area contributed by atoms with Crippen LogP contribution in [0.2, 0.25) is 0 Å². The standard InChI is InChI=1S/C23H25FN2O3.ClH/c1-29-20-6-7-21-18(12-20)14-26(23(21)28)13-16-8-10-25(11-9-16)15-22(27)17-2-4-19(24)5-3-17;/h2-7,12,16H,8-11,13-15H2,1H3;1H. The summed E-state index contributed by atoms with van der Waals surface area (Å²) in [7, 11) is 1.63. The minimum absolute atomic E-state index is 0. The first kappa shape index (κ1) is 22.2. The second-order valence-corrected chi connectivity index (χ2v) is 7.86. The summed E-state index contributed by atoms with van der Waals surface area (Å²) in [6, 6.07) is 11.3. The molecule has 160 valence electrons. The van der Waals surface area contributed by atoms with Crippen LogP contribution in [0.1, 0.15) is 39.1 Å². The molecule has 2 aromatic carbocycles. The number of hydrogen-bond donors (Lipinski definition) is 0. The number of fused-ring (bicyclic) bond motifs is 1. The van der Waals surface area contributed by atoms with Gasteiger partial charge in [0.15, 0.2) is 5.78 Å². The molecule has 0 bridgehead atoms. The fraction of sp³-hybridized carbons (Fsp3) is 0.391. The van der Waals surface area contributed by atoms with Gasteiger partial charge in [-0.25, -0.2) is 4.39 Å². The molecular weight excluding hydrogens is 407 g/mol. The molecule has 0 radical (unpaired) electrons. The summed E-state index contributed by atoms with van der Waals surface area (Å²) in [5.41, 5.74) is 2.34. The van der Waals surface area contributed by atoms with Crippen molar-refractivity contribution in [1.29, 1.82) is 0 Å². The number of carbonyl (C=O) groups excluding carboxylic acids is 2. The molecule has 0 aliphatic carbocycles. The minimum Gasteiger partial charge on any atom is -0.497 e. The molecule has 5 nitrogen and oxygen atoms in total. The lowest BCUT2D eigenvalue weighted by molar-refractivity contribution is 0.0707. The first-order valence-corrected chi connectivity index (χ1v) is 10.0. The number of benzene rings is 2. The van der Waals surface area contributed by atoms with E-state index in [-0.39, 0.29) is 29.9 Å². The number of Topliss-reactive ketones (excluding diaryl/α,β-unsaturated/α-hetero) is 1. The molecule has 0 unspecified atom stereocenters. The van der Waals surface area contributed by atoms with Crippen molar-refractivity contribution in [2.45, 2.75) is 19.4 Å². The normalized spacial score (nSPS) is 16.9. The first-order chi connectivity index (χ1) is 14.0. The lowest BCUT2D eigenvalue weighted by Gasteiger charge is -2.33. The number of likely N-dealkylation sites (tertiary alicyclic amines) is 1. The topological polar surface area (TPSA) is 49.9 Å². The third-order valence-electron chi connectivity index (χ3n) is 5.91. The van der Waals surface area contributed by atoms with Crippen molar-refractivity contribution in [2.24, 2.45) is 5.92 Å². The van der Waals surface area contributed by atoms with Crippen molar-refractivity contribution in [3.63, 3.8) is 0 Å². The molecule has 2 aromatic rings. The summed E-state index contributed by atoms with van der Waals surface area (Å²) in [5.74, 6) is 0.989. The largest absolute Gasteiger partial charge is 0.497 e. The van der Waals surface area contributed by atoms with Gasteiger partial charge in [-0.2, -0.15) is 0 Å². The Morgan fingerprint density at radius 2 is 1.83 bits per heavy atom. The molecule has 1 fully saturated rings. The molecule has 0 saturated carbocycles. The van der Waals surface area contributed by atoms with E-state index in [1.54, 1.807) is 7.11 Å². The van der Waals surface area contributed by atoms with E-state index in [1.165, 1.54) is 24.3 Å². The van der Waals surface area contributed by atoms with E-state index in [4.69, 9.17) is 4.74 Å². The van der Waals surface area contributed by atoms with Crippen molar-refractivity contribution in [3.05, 3.63) is 65.0 Å². The summed E-state index contributed by atoms with van der Waals surface area (Å²) in [6.07, 6.45) is 1.92. The van der Waals surface area contributed by atoms with Gasteiger partial charge in [-0.3, -0.25) is 14.5 Å². The Kier molecular flexibility index (Phi) is 7.10. The van der Waals surface area contributed by atoms with Gasteiger partial charge in [-0.1, -0.05) is 0 Å². The van der Waals surface area contributed by atoms with Crippen LogP contribution in [0.3, 0.4) is 0 Å². The van der Waals surface area contributed by atoms with Gasteiger partial charge in [-0.15, -0.1) is 12.4 Å².